The number of amides is 1. The molecule has 0 saturated carbocycles. The predicted molar refractivity (Wildman–Crippen MR) is 71.4 cm³/mol. The summed E-state index contributed by atoms with van der Waals surface area (Å²) in [5.41, 5.74) is 6.19. The standard InChI is InChI=1S/C13H15FN4O/c1-8(2)18-12(15)9(7-16-18)13(19)17-11-6-4-3-5-10(11)14/h3-8H,15H2,1-2H3,(H,17,19). The molecule has 0 atom stereocenters. The summed E-state index contributed by atoms with van der Waals surface area (Å²) in [7, 11) is 0. The van der Waals surface area contributed by atoms with Gasteiger partial charge in [-0.2, -0.15) is 5.10 Å². The lowest BCUT2D eigenvalue weighted by atomic mass is 10.2. The van der Waals surface area contributed by atoms with Crippen LogP contribution in [0, 0.1) is 5.82 Å². The van der Waals surface area contributed by atoms with Gasteiger partial charge in [-0.3, -0.25) is 4.79 Å². The molecule has 2 aromatic rings. The number of rotatable bonds is 3. The van der Waals surface area contributed by atoms with Crippen LogP contribution in [0.15, 0.2) is 30.5 Å². The fourth-order valence-corrected chi connectivity index (χ4v) is 1.71. The lowest BCUT2D eigenvalue weighted by molar-refractivity contribution is 0.102. The van der Waals surface area contributed by atoms with E-state index in [9.17, 15) is 9.18 Å². The van der Waals surface area contributed by atoms with Crippen LogP contribution in [0.25, 0.3) is 0 Å². The Morgan fingerprint density at radius 1 is 1.42 bits per heavy atom. The summed E-state index contributed by atoms with van der Waals surface area (Å²) < 4.78 is 15.0. The highest BCUT2D eigenvalue weighted by molar-refractivity contribution is 6.07. The Labute approximate surface area is 110 Å². The number of carbonyl (C=O) groups is 1. The number of benzene rings is 1. The lowest BCUT2D eigenvalue weighted by Crippen LogP contribution is -2.15. The van der Waals surface area contributed by atoms with Crippen molar-refractivity contribution < 1.29 is 9.18 Å². The van der Waals surface area contributed by atoms with E-state index in [1.54, 1.807) is 12.1 Å². The van der Waals surface area contributed by atoms with E-state index in [-0.39, 0.29) is 23.1 Å². The van der Waals surface area contributed by atoms with Crippen molar-refractivity contribution in [2.75, 3.05) is 11.1 Å². The average Bonchev–Trinajstić information content (AvgIpc) is 2.74. The van der Waals surface area contributed by atoms with Crippen LogP contribution < -0.4 is 11.1 Å². The molecule has 0 aliphatic carbocycles. The van der Waals surface area contributed by atoms with Gasteiger partial charge < -0.3 is 11.1 Å². The zero-order valence-corrected chi connectivity index (χ0v) is 10.7. The van der Waals surface area contributed by atoms with Gasteiger partial charge in [0, 0.05) is 6.04 Å². The molecule has 0 radical (unpaired) electrons. The third-order valence-electron chi connectivity index (χ3n) is 2.69. The van der Waals surface area contributed by atoms with Gasteiger partial charge in [-0.05, 0) is 26.0 Å². The summed E-state index contributed by atoms with van der Waals surface area (Å²) in [5.74, 6) is -0.705. The van der Waals surface area contributed by atoms with E-state index < -0.39 is 11.7 Å². The Morgan fingerprint density at radius 3 is 2.68 bits per heavy atom. The molecule has 6 heteroatoms. The highest BCUT2D eigenvalue weighted by Gasteiger charge is 2.17. The van der Waals surface area contributed by atoms with E-state index in [0.717, 1.165) is 0 Å². The monoisotopic (exact) mass is 262 g/mol. The van der Waals surface area contributed by atoms with Crippen molar-refractivity contribution in [2.24, 2.45) is 0 Å². The molecule has 1 amide bonds. The zero-order valence-electron chi connectivity index (χ0n) is 10.7. The first-order valence-electron chi connectivity index (χ1n) is 5.89. The minimum Gasteiger partial charge on any atom is -0.383 e. The van der Waals surface area contributed by atoms with Crippen molar-refractivity contribution in [3.05, 3.63) is 41.8 Å². The Kier molecular flexibility index (Phi) is 3.50. The fraction of sp³-hybridized carbons (Fsp3) is 0.231. The largest absolute Gasteiger partial charge is 0.383 e. The third kappa shape index (κ3) is 2.57. The maximum Gasteiger partial charge on any atom is 0.261 e. The van der Waals surface area contributed by atoms with Crippen LogP contribution in [0.2, 0.25) is 0 Å². The summed E-state index contributed by atoms with van der Waals surface area (Å²) in [5, 5.41) is 6.51. The first kappa shape index (κ1) is 13.1. The SMILES string of the molecule is CC(C)n1ncc(C(=O)Nc2ccccc2F)c1N. The topological polar surface area (TPSA) is 72.9 Å². The molecule has 0 saturated heterocycles. The average molecular weight is 262 g/mol. The number of carbonyl (C=O) groups excluding carboxylic acids is 1. The number of hydrogen-bond acceptors (Lipinski definition) is 3. The van der Waals surface area contributed by atoms with E-state index in [1.807, 2.05) is 13.8 Å². The second kappa shape index (κ2) is 5.09. The van der Waals surface area contributed by atoms with Crippen molar-refractivity contribution in [1.82, 2.24) is 9.78 Å². The summed E-state index contributed by atoms with van der Waals surface area (Å²) in [6.07, 6.45) is 1.38. The highest BCUT2D eigenvalue weighted by atomic mass is 19.1. The van der Waals surface area contributed by atoms with Gasteiger partial charge in [0.15, 0.2) is 0 Å². The van der Waals surface area contributed by atoms with E-state index in [2.05, 4.69) is 10.4 Å². The first-order chi connectivity index (χ1) is 9.00. The summed E-state index contributed by atoms with van der Waals surface area (Å²) in [4.78, 5) is 12.0. The van der Waals surface area contributed by atoms with Gasteiger partial charge in [0.1, 0.15) is 17.2 Å². The maximum atomic E-state index is 13.4. The van der Waals surface area contributed by atoms with Crippen molar-refractivity contribution >= 4 is 17.4 Å². The number of halogens is 1. The number of hydrogen-bond donors (Lipinski definition) is 2. The summed E-state index contributed by atoms with van der Waals surface area (Å²) in [6, 6.07) is 6.00. The van der Waals surface area contributed by atoms with Crippen LogP contribution in [0.5, 0.6) is 0 Å². The quantitative estimate of drug-likeness (QED) is 0.892. The summed E-state index contributed by atoms with van der Waals surface area (Å²) >= 11 is 0. The molecule has 3 N–H and O–H groups in total. The van der Waals surface area contributed by atoms with E-state index in [0.29, 0.717) is 0 Å². The van der Waals surface area contributed by atoms with Crippen molar-refractivity contribution in [3.63, 3.8) is 0 Å². The van der Waals surface area contributed by atoms with Gasteiger partial charge in [0.2, 0.25) is 0 Å². The molecule has 0 fully saturated rings. The smallest absolute Gasteiger partial charge is 0.261 e. The Bertz CT molecular complexity index is 606. The minimum absolute atomic E-state index is 0.0509. The molecule has 0 spiro atoms. The first-order valence-corrected chi connectivity index (χ1v) is 5.89. The molecular weight excluding hydrogens is 247 g/mol. The number of aromatic nitrogens is 2. The van der Waals surface area contributed by atoms with Crippen LogP contribution in [0.4, 0.5) is 15.9 Å². The maximum absolute atomic E-state index is 13.4. The van der Waals surface area contributed by atoms with Crippen LogP contribution in [0.1, 0.15) is 30.2 Å². The molecule has 0 aliphatic heterocycles. The van der Waals surface area contributed by atoms with Gasteiger partial charge in [-0.15, -0.1) is 0 Å². The van der Waals surface area contributed by atoms with Crippen LogP contribution in [-0.2, 0) is 0 Å². The lowest BCUT2D eigenvalue weighted by Gasteiger charge is -2.09. The normalized spacial score (nSPS) is 10.7. The van der Waals surface area contributed by atoms with Gasteiger partial charge in [0.05, 0.1) is 11.9 Å². The third-order valence-corrected chi connectivity index (χ3v) is 2.69. The van der Waals surface area contributed by atoms with Gasteiger partial charge in [-0.1, -0.05) is 12.1 Å². The van der Waals surface area contributed by atoms with Crippen LogP contribution >= 0.6 is 0 Å². The van der Waals surface area contributed by atoms with Crippen molar-refractivity contribution in [2.45, 2.75) is 19.9 Å². The van der Waals surface area contributed by atoms with E-state index in [1.165, 1.54) is 23.0 Å². The molecule has 100 valence electrons. The number of nitrogens with one attached hydrogen (secondary N) is 1. The van der Waals surface area contributed by atoms with E-state index in [4.69, 9.17) is 5.73 Å². The number of nitrogens with zero attached hydrogens (tertiary/aromatic N) is 2. The minimum atomic E-state index is -0.495. The Hall–Kier alpha value is -2.37. The van der Waals surface area contributed by atoms with E-state index >= 15 is 0 Å². The molecular formula is C13H15FN4O. The Morgan fingerprint density at radius 2 is 2.11 bits per heavy atom. The van der Waals surface area contributed by atoms with Gasteiger partial charge in [-0.25, -0.2) is 9.07 Å². The molecule has 1 heterocycles. The summed E-state index contributed by atoms with van der Waals surface area (Å²) in [6.45, 7) is 3.81. The molecule has 1 aromatic carbocycles. The number of nitrogens with two attached hydrogens (primary N) is 1. The highest BCUT2D eigenvalue weighted by Crippen LogP contribution is 2.19. The molecule has 0 bridgehead atoms. The molecule has 19 heavy (non-hydrogen) atoms. The second-order valence-electron chi connectivity index (χ2n) is 4.42. The number of nitrogen functional groups attached to an aromatic ring is 1. The number of para-hydroxylation sites is 1. The molecule has 5 nitrogen and oxygen atoms in total. The fourth-order valence-electron chi connectivity index (χ4n) is 1.71. The number of anilines is 2. The van der Waals surface area contributed by atoms with Crippen molar-refractivity contribution in [3.8, 4) is 0 Å². The van der Waals surface area contributed by atoms with Gasteiger partial charge >= 0.3 is 0 Å². The molecule has 2 rings (SSSR count). The second-order valence-corrected chi connectivity index (χ2v) is 4.42. The predicted octanol–water partition coefficient (Wildman–Crippen LogP) is 2.44. The van der Waals surface area contributed by atoms with Crippen molar-refractivity contribution in [1.29, 1.82) is 0 Å². The van der Waals surface area contributed by atoms with Gasteiger partial charge in [0.25, 0.3) is 5.91 Å². The molecule has 0 aliphatic rings. The molecule has 1 aromatic heterocycles. The van der Waals surface area contributed by atoms with Crippen LogP contribution in [0.3, 0.4) is 0 Å². The molecule has 0 unspecified atom stereocenters. The van der Waals surface area contributed by atoms with Crippen LogP contribution in [-0.4, -0.2) is 15.7 Å². The zero-order chi connectivity index (χ0) is 14.0. The Balaban J connectivity index is 2.24.